The number of hydrogen-bond donors (Lipinski definition) is 3. The molecule has 0 saturated heterocycles. The number of carbonyl (C=O) groups excluding carboxylic acids is 2. The van der Waals surface area contributed by atoms with Gasteiger partial charge in [0, 0.05) is 13.0 Å². The molecule has 0 bridgehead atoms. The summed E-state index contributed by atoms with van der Waals surface area (Å²) in [4.78, 5) is 23.6. The Bertz CT molecular complexity index is 464. The van der Waals surface area contributed by atoms with Crippen molar-refractivity contribution in [2.45, 2.75) is 44.1 Å². The average molecular weight is 294 g/mol. The second kappa shape index (κ2) is 7.26. The maximum Gasteiger partial charge on any atom is 0.286 e. The fraction of sp³-hybridized carbons (Fsp3) is 0.600. The van der Waals surface area contributed by atoms with E-state index in [1.807, 2.05) is 0 Å². The van der Waals surface area contributed by atoms with Crippen LogP contribution in [-0.2, 0) is 4.79 Å². The third-order valence-corrected chi connectivity index (χ3v) is 3.90. The molecule has 2 rings (SSSR count). The van der Waals surface area contributed by atoms with Crippen LogP contribution in [0.4, 0.5) is 0 Å². The molecule has 0 aromatic carbocycles. The first kappa shape index (κ1) is 15.6. The van der Waals surface area contributed by atoms with Crippen LogP contribution in [0.5, 0.6) is 0 Å². The second-order valence-electron chi connectivity index (χ2n) is 5.53. The zero-order valence-electron chi connectivity index (χ0n) is 12.1. The zero-order chi connectivity index (χ0) is 15.1. The Kier molecular flexibility index (Phi) is 5.38. The summed E-state index contributed by atoms with van der Waals surface area (Å²) < 4.78 is 4.96. The van der Waals surface area contributed by atoms with Gasteiger partial charge in [-0.25, -0.2) is 0 Å². The molecule has 0 aliphatic heterocycles. The van der Waals surface area contributed by atoms with E-state index in [9.17, 15) is 14.7 Å². The molecule has 1 aliphatic rings. The molecule has 0 unspecified atom stereocenters. The lowest BCUT2D eigenvalue weighted by molar-refractivity contribution is -0.124. The summed E-state index contributed by atoms with van der Waals surface area (Å²) in [7, 11) is 0. The Morgan fingerprint density at radius 2 is 2.05 bits per heavy atom. The maximum atomic E-state index is 11.9. The number of furan rings is 1. The van der Waals surface area contributed by atoms with Crippen LogP contribution in [0, 0.1) is 0 Å². The van der Waals surface area contributed by atoms with E-state index in [0.29, 0.717) is 0 Å². The molecule has 3 N–H and O–H groups in total. The van der Waals surface area contributed by atoms with Crippen molar-refractivity contribution >= 4 is 11.8 Å². The smallest absolute Gasteiger partial charge is 0.286 e. The Morgan fingerprint density at radius 3 is 2.67 bits per heavy atom. The van der Waals surface area contributed by atoms with Gasteiger partial charge in [0.1, 0.15) is 0 Å². The van der Waals surface area contributed by atoms with E-state index in [2.05, 4.69) is 10.6 Å². The monoisotopic (exact) mass is 294 g/mol. The molecule has 1 aromatic heterocycles. The zero-order valence-corrected chi connectivity index (χ0v) is 12.1. The summed E-state index contributed by atoms with van der Waals surface area (Å²) in [5.74, 6) is -0.248. The average Bonchev–Trinajstić information content (AvgIpc) is 3.02. The SMILES string of the molecule is O=C(CCNC(=O)c1ccco1)NC1(CO)CCCCC1. The molecule has 1 aliphatic carbocycles. The van der Waals surface area contributed by atoms with Crippen molar-refractivity contribution in [3.63, 3.8) is 0 Å². The van der Waals surface area contributed by atoms with Crippen LogP contribution in [0.15, 0.2) is 22.8 Å². The van der Waals surface area contributed by atoms with Crippen LogP contribution in [-0.4, -0.2) is 35.6 Å². The third kappa shape index (κ3) is 4.32. The molecule has 1 heterocycles. The minimum atomic E-state index is -0.472. The van der Waals surface area contributed by atoms with Crippen molar-refractivity contribution in [3.05, 3.63) is 24.2 Å². The summed E-state index contributed by atoms with van der Waals surface area (Å²) in [5.41, 5.74) is -0.472. The quantitative estimate of drug-likeness (QED) is 0.735. The predicted molar refractivity (Wildman–Crippen MR) is 76.7 cm³/mol. The van der Waals surface area contributed by atoms with E-state index in [4.69, 9.17) is 4.42 Å². The first-order valence-electron chi connectivity index (χ1n) is 7.39. The first-order valence-corrected chi connectivity index (χ1v) is 7.39. The molecule has 0 atom stereocenters. The number of hydrogen-bond acceptors (Lipinski definition) is 4. The van der Waals surface area contributed by atoms with Crippen LogP contribution in [0.3, 0.4) is 0 Å². The highest BCUT2D eigenvalue weighted by Crippen LogP contribution is 2.27. The highest BCUT2D eigenvalue weighted by atomic mass is 16.3. The molecule has 1 saturated carbocycles. The van der Waals surface area contributed by atoms with Crippen LogP contribution >= 0.6 is 0 Å². The lowest BCUT2D eigenvalue weighted by Gasteiger charge is -2.36. The molecule has 1 fully saturated rings. The Morgan fingerprint density at radius 1 is 1.29 bits per heavy atom. The van der Waals surface area contributed by atoms with Crippen molar-refractivity contribution < 1.29 is 19.1 Å². The van der Waals surface area contributed by atoms with Gasteiger partial charge in [-0.1, -0.05) is 19.3 Å². The van der Waals surface area contributed by atoms with Crippen LogP contribution in [0.2, 0.25) is 0 Å². The van der Waals surface area contributed by atoms with Crippen molar-refractivity contribution in [3.8, 4) is 0 Å². The number of nitrogens with one attached hydrogen (secondary N) is 2. The molecule has 21 heavy (non-hydrogen) atoms. The van der Waals surface area contributed by atoms with Gasteiger partial charge in [-0.2, -0.15) is 0 Å². The maximum absolute atomic E-state index is 11.9. The van der Waals surface area contributed by atoms with Gasteiger partial charge >= 0.3 is 0 Å². The number of rotatable bonds is 6. The van der Waals surface area contributed by atoms with Crippen molar-refractivity contribution in [1.82, 2.24) is 10.6 Å². The summed E-state index contributed by atoms with van der Waals surface area (Å²) in [5, 5.41) is 15.1. The summed E-state index contributed by atoms with van der Waals surface area (Å²) >= 11 is 0. The number of amides is 2. The largest absolute Gasteiger partial charge is 0.459 e. The third-order valence-electron chi connectivity index (χ3n) is 3.90. The van der Waals surface area contributed by atoms with Crippen molar-refractivity contribution in [2.24, 2.45) is 0 Å². The predicted octanol–water partition coefficient (Wildman–Crippen LogP) is 1.21. The Hall–Kier alpha value is -1.82. The van der Waals surface area contributed by atoms with E-state index in [1.54, 1.807) is 12.1 Å². The number of carbonyl (C=O) groups is 2. The van der Waals surface area contributed by atoms with Gasteiger partial charge in [0.05, 0.1) is 18.4 Å². The molecule has 116 valence electrons. The molecule has 2 amide bonds. The van der Waals surface area contributed by atoms with E-state index in [-0.39, 0.29) is 37.1 Å². The van der Waals surface area contributed by atoms with E-state index in [0.717, 1.165) is 32.1 Å². The highest BCUT2D eigenvalue weighted by Gasteiger charge is 2.32. The van der Waals surface area contributed by atoms with Gasteiger partial charge in [-0.3, -0.25) is 9.59 Å². The molecule has 6 heteroatoms. The van der Waals surface area contributed by atoms with Gasteiger partial charge in [0.25, 0.3) is 5.91 Å². The van der Waals surface area contributed by atoms with Gasteiger partial charge in [-0.15, -0.1) is 0 Å². The standard InChI is InChI=1S/C15H22N2O4/c18-11-15(7-2-1-3-8-15)17-13(19)6-9-16-14(20)12-5-4-10-21-12/h4-5,10,18H,1-3,6-9,11H2,(H,16,20)(H,17,19). The molecule has 0 radical (unpaired) electrons. The lowest BCUT2D eigenvalue weighted by Crippen LogP contribution is -2.52. The molecular weight excluding hydrogens is 272 g/mol. The van der Waals surface area contributed by atoms with E-state index < -0.39 is 5.54 Å². The van der Waals surface area contributed by atoms with Gasteiger partial charge in [0.15, 0.2) is 5.76 Å². The minimum absolute atomic E-state index is 0.0303. The highest BCUT2D eigenvalue weighted by molar-refractivity contribution is 5.91. The van der Waals surface area contributed by atoms with Gasteiger partial charge < -0.3 is 20.2 Å². The van der Waals surface area contributed by atoms with Crippen molar-refractivity contribution in [1.29, 1.82) is 0 Å². The van der Waals surface area contributed by atoms with E-state index >= 15 is 0 Å². The van der Waals surface area contributed by atoms with Crippen molar-refractivity contribution in [2.75, 3.05) is 13.2 Å². The minimum Gasteiger partial charge on any atom is -0.459 e. The molecular formula is C15H22N2O4. The van der Waals surface area contributed by atoms with Gasteiger partial charge in [-0.05, 0) is 25.0 Å². The van der Waals surface area contributed by atoms with Crippen LogP contribution in [0.25, 0.3) is 0 Å². The fourth-order valence-corrected chi connectivity index (χ4v) is 2.69. The summed E-state index contributed by atoms with van der Waals surface area (Å²) in [6.07, 6.45) is 6.44. The Labute approximate surface area is 123 Å². The Balaban J connectivity index is 1.73. The summed E-state index contributed by atoms with van der Waals surface area (Å²) in [6.45, 7) is 0.213. The van der Waals surface area contributed by atoms with Crippen LogP contribution < -0.4 is 10.6 Å². The normalized spacial score (nSPS) is 17.2. The fourth-order valence-electron chi connectivity index (χ4n) is 2.69. The second-order valence-corrected chi connectivity index (χ2v) is 5.53. The first-order chi connectivity index (χ1) is 10.2. The number of aliphatic hydroxyl groups is 1. The molecule has 1 aromatic rings. The van der Waals surface area contributed by atoms with Gasteiger partial charge in [0.2, 0.25) is 5.91 Å². The summed E-state index contributed by atoms with van der Waals surface area (Å²) in [6, 6.07) is 3.20. The number of aliphatic hydroxyl groups excluding tert-OH is 1. The lowest BCUT2D eigenvalue weighted by atomic mass is 9.82. The van der Waals surface area contributed by atoms with Crippen LogP contribution in [0.1, 0.15) is 49.1 Å². The van der Waals surface area contributed by atoms with E-state index in [1.165, 1.54) is 6.26 Å². The molecule has 0 spiro atoms. The molecule has 6 nitrogen and oxygen atoms in total. The topological polar surface area (TPSA) is 91.6 Å².